The lowest BCUT2D eigenvalue weighted by molar-refractivity contribution is 0.297. The first-order valence-corrected chi connectivity index (χ1v) is 7.84. The second-order valence-corrected chi connectivity index (χ2v) is 6.68. The molecule has 0 atom stereocenters. The Kier molecular flexibility index (Phi) is 3.92. The molecule has 100 valence electrons. The predicted octanol–water partition coefficient (Wildman–Crippen LogP) is 2.05. The predicted molar refractivity (Wildman–Crippen MR) is 72.7 cm³/mol. The van der Waals surface area contributed by atoms with Crippen molar-refractivity contribution in [2.24, 2.45) is 5.92 Å². The molecule has 4 nitrogen and oxygen atoms in total. The van der Waals surface area contributed by atoms with Crippen LogP contribution in [0, 0.1) is 12.8 Å². The summed E-state index contributed by atoms with van der Waals surface area (Å²) in [4.78, 5) is 0.221. The molecule has 0 amide bonds. The van der Waals surface area contributed by atoms with Crippen molar-refractivity contribution in [2.45, 2.75) is 37.5 Å². The van der Waals surface area contributed by atoms with Gasteiger partial charge in [-0.05, 0) is 30.9 Å². The van der Waals surface area contributed by atoms with Crippen LogP contribution in [0.4, 0.5) is 5.69 Å². The number of anilines is 1. The zero-order valence-electron chi connectivity index (χ0n) is 10.6. The lowest BCUT2D eigenvalue weighted by atomic mass is 9.83. The maximum Gasteiger partial charge on any atom is 0.242 e. The van der Waals surface area contributed by atoms with Crippen LogP contribution in [0.3, 0.4) is 0 Å². The molecule has 1 fully saturated rings. The molecule has 0 aromatic heterocycles. The van der Waals surface area contributed by atoms with Crippen LogP contribution in [0.5, 0.6) is 0 Å². The summed E-state index contributed by atoms with van der Waals surface area (Å²) in [6, 6.07) is 5.14. The zero-order chi connectivity index (χ0) is 13.2. The number of nitrogens with one attached hydrogen (secondary N) is 1. The fourth-order valence-corrected chi connectivity index (χ4v) is 3.69. The van der Waals surface area contributed by atoms with Crippen LogP contribution in [-0.4, -0.2) is 15.0 Å². The first kappa shape index (κ1) is 13.4. The van der Waals surface area contributed by atoms with Crippen molar-refractivity contribution < 1.29 is 8.42 Å². The van der Waals surface area contributed by atoms with Crippen LogP contribution >= 0.6 is 0 Å². The molecule has 0 saturated heterocycles. The van der Waals surface area contributed by atoms with E-state index >= 15 is 0 Å². The van der Waals surface area contributed by atoms with E-state index in [1.807, 2.05) is 0 Å². The van der Waals surface area contributed by atoms with Crippen molar-refractivity contribution in [1.82, 2.24) is 4.72 Å². The van der Waals surface area contributed by atoms with Gasteiger partial charge in [0.15, 0.2) is 0 Å². The molecule has 1 aromatic rings. The maximum atomic E-state index is 12.2. The molecule has 0 bridgehead atoms. The van der Waals surface area contributed by atoms with Gasteiger partial charge in [0.05, 0.1) is 5.69 Å². The van der Waals surface area contributed by atoms with Gasteiger partial charge in [0, 0.05) is 6.54 Å². The fourth-order valence-electron chi connectivity index (χ4n) is 2.29. The van der Waals surface area contributed by atoms with Gasteiger partial charge in [0.2, 0.25) is 10.0 Å². The Labute approximate surface area is 109 Å². The van der Waals surface area contributed by atoms with Gasteiger partial charge in [-0.15, -0.1) is 0 Å². The van der Waals surface area contributed by atoms with E-state index in [0.717, 1.165) is 6.42 Å². The smallest absolute Gasteiger partial charge is 0.242 e. The van der Waals surface area contributed by atoms with Crippen molar-refractivity contribution in [2.75, 3.05) is 12.3 Å². The fraction of sp³-hybridized carbons (Fsp3) is 0.538. The molecule has 2 rings (SSSR count). The molecule has 3 N–H and O–H groups in total. The van der Waals surface area contributed by atoms with Gasteiger partial charge in [-0.25, -0.2) is 13.1 Å². The summed E-state index contributed by atoms with van der Waals surface area (Å²) in [7, 11) is -3.48. The largest absolute Gasteiger partial charge is 0.398 e. The summed E-state index contributed by atoms with van der Waals surface area (Å²) >= 11 is 0. The highest BCUT2D eigenvalue weighted by atomic mass is 32.2. The topological polar surface area (TPSA) is 72.2 Å². The van der Waals surface area contributed by atoms with E-state index in [1.54, 1.807) is 25.1 Å². The van der Waals surface area contributed by atoms with Crippen LogP contribution in [0.1, 0.15) is 31.2 Å². The minimum absolute atomic E-state index is 0.221. The van der Waals surface area contributed by atoms with Crippen molar-refractivity contribution in [1.29, 1.82) is 0 Å². The number of aryl methyl sites for hydroxylation is 1. The van der Waals surface area contributed by atoms with Crippen molar-refractivity contribution >= 4 is 15.7 Å². The number of hydrogen-bond acceptors (Lipinski definition) is 3. The molecule has 1 aliphatic carbocycles. The Morgan fingerprint density at radius 1 is 1.39 bits per heavy atom. The molecule has 1 aromatic carbocycles. The summed E-state index contributed by atoms with van der Waals surface area (Å²) in [5, 5.41) is 0. The molecule has 1 saturated carbocycles. The Balaban J connectivity index is 2.05. The third kappa shape index (κ3) is 2.84. The first-order valence-electron chi connectivity index (χ1n) is 6.35. The van der Waals surface area contributed by atoms with E-state index < -0.39 is 10.0 Å². The second kappa shape index (κ2) is 5.28. The molecule has 0 spiro atoms. The van der Waals surface area contributed by atoms with Gasteiger partial charge in [-0.3, -0.25) is 0 Å². The lowest BCUT2D eigenvalue weighted by Crippen LogP contribution is -2.28. The number of rotatable bonds is 5. The molecule has 0 aliphatic heterocycles. The molecular weight excluding hydrogens is 248 g/mol. The number of sulfonamides is 1. The van der Waals surface area contributed by atoms with Gasteiger partial charge in [-0.1, -0.05) is 31.4 Å². The van der Waals surface area contributed by atoms with E-state index in [-0.39, 0.29) is 4.90 Å². The summed E-state index contributed by atoms with van der Waals surface area (Å²) < 4.78 is 27.0. The third-order valence-corrected chi connectivity index (χ3v) is 5.26. The van der Waals surface area contributed by atoms with Crippen LogP contribution in [0.25, 0.3) is 0 Å². The van der Waals surface area contributed by atoms with E-state index in [4.69, 9.17) is 5.73 Å². The number of hydrogen-bond donors (Lipinski definition) is 2. The quantitative estimate of drug-likeness (QED) is 0.803. The Hall–Kier alpha value is -1.07. The summed E-state index contributed by atoms with van der Waals surface area (Å²) in [5.74, 6) is 0.696. The van der Waals surface area contributed by atoms with Gasteiger partial charge in [0.1, 0.15) is 4.90 Å². The standard InChI is InChI=1S/C13H20N2O2S/c1-10-4-2-7-12(14)13(10)18(16,17)15-9-8-11-5-3-6-11/h2,4,7,11,15H,3,5-6,8-9,14H2,1H3. The number of benzene rings is 1. The maximum absolute atomic E-state index is 12.2. The SMILES string of the molecule is Cc1cccc(N)c1S(=O)(=O)NCCC1CCC1. The van der Waals surface area contributed by atoms with E-state index in [0.29, 0.717) is 23.7 Å². The van der Waals surface area contributed by atoms with Crippen LogP contribution in [0.15, 0.2) is 23.1 Å². The second-order valence-electron chi connectivity index (χ2n) is 4.98. The normalized spacial score (nSPS) is 16.5. The van der Waals surface area contributed by atoms with Crippen LogP contribution < -0.4 is 10.5 Å². The molecule has 0 unspecified atom stereocenters. The molecule has 18 heavy (non-hydrogen) atoms. The van der Waals surface area contributed by atoms with Gasteiger partial charge in [0.25, 0.3) is 0 Å². The van der Waals surface area contributed by atoms with E-state index in [1.165, 1.54) is 19.3 Å². The molecule has 5 heteroatoms. The van der Waals surface area contributed by atoms with Crippen molar-refractivity contribution in [3.05, 3.63) is 23.8 Å². The first-order chi connectivity index (χ1) is 8.50. The Bertz CT molecular complexity index is 502. The van der Waals surface area contributed by atoms with Crippen LogP contribution in [-0.2, 0) is 10.0 Å². The Morgan fingerprint density at radius 3 is 2.67 bits per heavy atom. The molecule has 1 aliphatic rings. The van der Waals surface area contributed by atoms with Gasteiger partial charge in [-0.2, -0.15) is 0 Å². The molecular formula is C13H20N2O2S. The van der Waals surface area contributed by atoms with Crippen molar-refractivity contribution in [3.8, 4) is 0 Å². The highest BCUT2D eigenvalue weighted by molar-refractivity contribution is 7.89. The monoisotopic (exact) mass is 268 g/mol. The van der Waals surface area contributed by atoms with Crippen LogP contribution in [0.2, 0.25) is 0 Å². The summed E-state index contributed by atoms with van der Waals surface area (Å²) in [5.41, 5.74) is 6.75. The average Bonchev–Trinajstić information content (AvgIpc) is 2.21. The summed E-state index contributed by atoms with van der Waals surface area (Å²) in [6.07, 6.45) is 4.66. The van der Waals surface area contributed by atoms with E-state index in [9.17, 15) is 8.42 Å². The average molecular weight is 268 g/mol. The van der Waals surface area contributed by atoms with Gasteiger partial charge < -0.3 is 5.73 Å². The third-order valence-electron chi connectivity index (χ3n) is 3.58. The minimum Gasteiger partial charge on any atom is -0.398 e. The van der Waals surface area contributed by atoms with Crippen molar-refractivity contribution in [3.63, 3.8) is 0 Å². The molecule has 0 radical (unpaired) electrons. The van der Waals surface area contributed by atoms with Gasteiger partial charge >= 0.3 is 0 Å². The Morgan fingerprint density at radius 2 is 2.11 bits per heavy atom. The molecule has 0 heterocycles. The highest BCUT2D eigenvalue weighted by Crippen LogP contribution is 2.29. The summed E-state index contributed by atoms with van der Waals surface area (Å²) in [6.45, 7) is 2.26. The number of nitrogens with two attached hydrogens (primary N) is 1. The van der Waals surface area contributed by atoms with E-state index in [2.05, 4.69) is 4.72 Å². The highest BCUT2D eigenvalue weighted by Gasteiger charge is 2.21. The zero-order valence-corrected chi connectivity index (χ0v) is 11.5. The lowest BCUT2D eigenvalue weighted by Gasteiger charge is -2.25. The minimum atomic E-state index is -3.48. The number of nitrogen functional groups attached to an aromatic ring is 1.